The molecular weight excluding hydrogens is 338 g/mol. The fourth-order valence-electron chi connectivity index (χ4n) is 3.56. The Morgan fingerprint density at radius 1 is 1.07 bits per heavy atom. The van der Waals surface area contributed by atoms with Gasteiger partial charge in [0, 0.05) is 18.8 Å². The summed E-state index contributed by atoms with van der Waals surface area (Å²) in [6.07, 6.45) is 3.05. The summed E-state index contributed by atoms with van der Waals surface area (Å²) < 4.78 is 10.9. The van der Waals surface area contributed by atoms with Gasteiger partial charge in [0.25, 0.3) is 0 Å². The number of nitrogens with one attached hydrogen (secondary N) is 1. The van der Waals surface area contributed by atoms with Crippen LogP contribution in [0.4, 0.5) is 5.69 Å². The number of carbonyl (C=O) groups is 1. The molecule has 0 radical (unpaired) electrons. The van der Waals surface area contributed by atoms with Crippen molar-refractivity contribution in [3.8, 4) is 11.5 Å². The highest BCUT2D eigenvalue weighted by molar-refractivity contribution is 5.77. The van der Waals surface area contributed by atoms with Gasteiger partial charge in [0.2, 0.25) is 0 Å². The molecule has 1 atom stereocenters. The summed E-state index contributed by atoms with van der Waals surface area (Å²) in [6.45, 7) is 5.60. The zero-order chi connectivity index (χ0) is 19.6. The van der Waals surface area contributed by atoms with Crippen molar-refractivity contribution in [3.05, 3.63) is 53.1 Å². The Balaban J connectivity index is 1.79. The number of hydrogen-bond acceptors (Lipinski definition) is 4. The molecule has 1 aliphatic carbocycles. The van der Waals surface area contributed by atoms with E-state index >= 15 is 0 Å². The number of ether oxygens (including phenoxy) is 2. The van der Waals surface area contributed by atoms with Crippen LogP contribution in [0.2, 0.25) is 0 Å². The van der Waals surface area contributed by atoms with Crippen LogP contribution in [0.15, 0.2) is 36.4 Å². The molecule has 0 fully saturated rings. The molecule has 1 N–H and O–H groups in total. The monoisotopic (exact) mass is 367 g/mol. The van der Waals surface area contributed by atoms with Crippen molar-refractivity contribution < 1.29 is 14.3 Å². The van der Waals surface area contributed by atoms with Crippen LogP contribution in [0, 0.1) is 5.41 Å². The summed E-state index contributed by atoms with van der Waals surface area (Å²) in [5.74, 6) is 1.78. The molecule has 4 nitrogen and oxygen atoms in total. The molecule has 0 aliphatic heterocycles. The second-order valence-electron chi connectivity index (χ2n) is 8.21. The first-order chi connectivity index (χ1) is 12.8. The Labute approximate surface area is 161 Å². The molecule has 4 heteroatoms. The molecule has 27 heavy (non-hydrogen) atoms. The van der Waals surface area contributed by atoms with E-state index in [1.54, 1.807) is 7.11 Å². The minimum Gasteiger partial charge on any atom is -0.497 e. The van der Waals surface area contributed by atoms with Crippen LogP contribution < -0.4 is 14.8 Å². The number of rotatable bonds is 4. The van der Waals surface area contributed by atoms with Gasteiger partial charge >= 0.3 is 5.97 Å². The third-order valence-electron chi connectivity index (χ3n) is 5.20. The first-order valence-electron chi connectivity index (χ1n) is 9.51. The van der Waals surface area contributed by atoms with Crippen LogP contribution in [0.3, 0.4) is 0 Å². The largest absolute Gasteiger partial charge is 0.497 e. The second-order valence-corrected chi connectivity index (χ2v) is 8.21. The van der Waals surface area contributed by atoms with Gasteiger partial charge in [0.1, 0.15) is 11.5 Å². The van der Waals surface area contributed by atoms with E-state index in [2.05, 4.69) is 23.5 Å². The van der Waals surface area contributed by atoms with Crippen molar-refractivity contribution >= 4 is 11.7 Å². The van der Waals surface area contributed by atoms with Crippen LogP contribution in [0.25, 0.3) is 0 Å². The van der Waals surface area contributed by atoms with Gasteiger partial charge in [0.15, 0.2) is 0 Å². The number of anilines is 1. The molecule has 0 amide bonds. The van der Waals surface area contributed by atoms with Gasteiger partial charge in [0.05, 0.1) is 12.5 Å². The molecular formula is C23H29NO3. The zero-order valence-electron chi connectivity index (χ0n) is 16.9. The number of benzene rings is 2. The van der Waals surface area contributed by atoms with E-state index in [4.69, 9.17) is 9.47 Å². The van der Waals surface area contributed by atoms with Gasteiger partial charge in [-0.3, -0.25) is 4.79 Å². The second kappa shape index (κ2) is 7.63. The minimum absolute atomic E-state index is 0.201. The maximum Gasteiger partial charge on any atom is 0.316 e. The number of carbonyl (C=O) groups excluding carboxylic acids is 1. The Morgan fingerprint density at radius 3 is 2.48 bits per heavy atom. The quantitative estimate of drug-likeness (QED) is 0.613. The van der Waals surface area contributed by atoms with E-state index in [0.29, 0.717) is 11.7 Å². The molecule has 0 spiro atoms. The standard InChI is InChI=1S/C23H29NO3/c1-23(2,3)22(25)27-19-9-8-15-12-17(7-6-16(15)13-19)20-11-10-18(26-5)14-21(20)24-4/h8-11,13-14,17,24H,6-7,12H2,1-5H3. The van der Waals surface area contributed by atoms with Crippen LogP contribution in [-0.4, -0.2) is 20.1 Å². The highest BCUT2D eigenvalue weighted by Gasteiger charge is 2.26. The maximum atomic E-state index is 12.1. The molecule has 0 aromatic heterocycles. The molecule has 144 valence electrons. The molecule has 0 saturated carbocycles. The summed E-state index contributed by atoms with van der Waals surface area (Å²) in [7, 11) is 3.64. The van der Waals surface area contributed by atoms with Crippen molar-refractivity contribution in [3.63, 3.8) is 0 Å². The topological polar surface area (TPSA) is 47.6 Å². The normalized spacial score (nSPS) is 16.4. The Hall–Kier alpha value is -2.49. The molecule has 2 aromatic rings. The highest BCUT2D eigenvalue weighted by Crippen LogP contribution is 2.38. The van der Waals surface area contributed by atoms with E-state index in [1.165, 1.54) is 16.7 Å². The van der Waals surface area contributed by atoms with Gasteiger partial charge in [-0.2, -0.15) is 0 Å². The van der Waals surface area contributed by atoms with E-state index < -0.39 is 5.41 Å². The van der Waals surface area contributed by atoms with Crippen molar-refractivity contribution in [1.82, 2.24) is 0 Å². The van der Waals surface area contributed by atoms with Crippen molar-refractivity contribution in [2.75, 3.05) is 19.5 Å². The van der Waals surface area contributed by atoms with Crippen molar-refractivity contribution in [1.29, 1.82) is 0 Å². The van der Waals surface area contributed by atoms with E-state index in [-0.39, 0.29) is 5.97 Å². The molecule has 2 aromatic carbocycles. The first-order valence-corrected chi connectivity index (χ1v) is 9.51. The number of aryl methyl sites for hydroxylation is 1. The van der Waals surface area contributed by atoms with Gasteiger partial charge in [-0.25, -0.2) is 0 Å². The molecule has 1 aliphatic rings. The first kappa shape index (κ1) is 19.3. The van der Waals surface area contributed by atoms with Crippen LogP contribution in [-0.2, 0) is 17.6 Å². The average molecular weight is 367 g/mol. The van der Waals surface area contributed by atoms with Crippen molar-refractivity contribution in [2.24, 2.45) is 5.41 Å². The Bertz CT molecular complexity index is 836. The lowest BCUT2D eigenvalue weighted by molar-refractivity contribution is -0.143. The number of hydrogen-bond donors (Lipinski definition) is 1. The Morgan fingerprint density at radius 2 is 1.81 bits per heavy atom. The lowest BCUT2D eigenvalue weighted by Gasteiger charge is -2.27. The fourth-order valence-corrected chi connectivity index (χ4v) is 3.56. The lowest BCUT2D eigenvalue weighted by Crippen LogP contribution is -2.25. The number of fused-ring (bicyclic) bond motifs is 1. The fraction of sp³-hybridized carbons (Fsp3) is 0.435. The maximum absolute atomic E-state index is 12.1. The Kier molecular flexibility index (Phi) is 5.45. The molecule has 0 bridgehead atoms. The van der Waals surface area contributed by atoms with Crippen molar-refractivity contribution in [2.45, 2.75) is 46.0 Å². The molecule has 3 rings (SSSR count). The summed E-state index contributed by atoms with van der Waals surface area (Å²) >= 11 is 0. The number of methoxy groups -OCH3 is 1. The summed E-state index contributed by atoms with van der Waals surface area (Å²) in [5, 5.41) is 3.30. The van der Waals surface area contributed by atoms with Gasteiger partial charge in [-0.1, -0.05) is 12.1 Å². The highest BCUT2D eigenvalue weighted by atomic mass is 16.5. The van der Waals surface area contributed by atoms with Crippen LogP contribution >= 0.6 is 0 Å². The molecule has 0 saturated heterocycles. The van der Waals surface area contributed by atoms with Crippen LogP contribution in [0.5, 0.6) is 11.5 Å². The van der Waals surface area contributed by atoms with Gasteiger partial charge in [-0.15, -0.1) is 0 Å². The summed E-state index contributed by atoms with van der Waals surface area (Å²) in [5.41, 5.74) is 4.56. The third kappa shape index (κ3) is 4.26. The van der Waals surface area contributed by atoms with E-state index in [1.807, 2.05) is 46.0 Å². The lowest BCUT2D eigenvalue weighted by atomic mass is 9.79. The average Bonchev–Trinajstić information content (AvgIpc) is 2.66. The molecule has 0 heterocycles. The SMILES string of the molecule is CNc1cc(OC)ccc1C1CCc2cc(OC(=O)C(C)(C)C)ccc2C1. The minimum atomic E-state index is -0.501. The predicted octanol–water partition coefficient (Wildman–Crippen LogP) is 4.96. The molecule has 1 unspecified atom stereocenters. The zero-order valence-corrected chi connectivity index (χ0v) is 16.9. The van der Waals surface area contributed by atoms with E-state index in [9.17, 15) is 4.79 Å². The third-order valence-corrected chi connectivity index (χ3v) is 5.20. The van der Waals surface area contributed by atoms with E-state index in [0.717, 1.165) is 30.7 Å². The summed E-state index contributed by atoms with van der Waals surface area (Å²) in [4.78, 5) is 12.1. The summed E-state index contributed by atoms with van der Waals surface area (Å²) in [6, 6.07) is 12.3. The predicted molar refractivity (Wildman–Crippen MR) is 109 cm³/mol. The van der Waals surface area contributed by atoms with Crippen LogP contribution in [0.1, 0.15) is 49.8 Å². The van der Waals surface area contributed by atoms with Gasteiger partial charge < -0.3 is 14.8 Å². The van der Waals surface area contributed by atoms with Gasteiger partial charge in [-0.05, 0) is 80.8 Å². The smallest absolute Gasteiger partial charge is 0.316 e. The number of esters is 1.